The SMILES string of the molecule is O=c1cnc(Br)cn1Cc1cccc2c1OC(F)(F)O2. The van der Waals surface area contributed by atoms with E-state index < -0.39 is 6.29 Å². The van der Waals surface area contributed by atoms with Gasteiger partial charge in [0.15, 0.2) is 11.5 Å². The Morgan fingerprint density at radius 1 is 1.35 bits per heavy atom. The Hall–Kier alpha value is -1.96. The standard InChI is InChI=1S/C12H7BrF2N2O3/c13-9-6-17(10(18)4-16-9)5-7-2-1-3-8-11(7)20-12(14,15)19-8/h1-4,6H,5H2. The Kier molecular flexibility index (Phi) is 2.97. The largest absolute Gasteiger partial charge is 0.586 e. The number of hydrogen-bond acceptors (Lipinski definition) is 4. The first-order valence-electron chi connectivity index (χ1n) is 5.54. The van der Waals surface area contributed by atoms with Gasteiger partial charge < -0.3 is 14.0 Å². The fraction of sp³-hybridized carbons (Fsp3) is 0.167. The minimum Gasteiger partial charge on any atom is -0.395 e. The van der Waals surface area contributed by atoms with Crippen LogP contribution in [0.25, 0.3) is 0 Å². The van der Waals surface area contributed by atoms with Gasteiger partial charge in [-0.25, -0.2) is 4.98 Å². The maximum atomic E-state index is 13.1. The highest BCUT2D eigenvalue weighted by atomic mass is 79.9. The molecule has 0 unspecified atom stereocenters. The van der Waals surface area contributed by atoms with Crippen molar-refractivity contribution < 1.29 is 18.3 Å². The summed E-state index contributed by atoms with van der Waals surface area (Å²) in [6.07, 6.45) is -1.07. The third-order valence-electron chi connectivity index (χ3n) is 2.69. The third-order valence-corrected chi connectivity index (χ3v) is 3.10. The Balaban J connectivity index is 2.00. The highest BCUT2D eigenvalue weighted by Gasteiger charge is 2.44. The van der Waals surface area contributed by atoms with Crippen molar-refractivity contribution in [3.8, 4) is 11.5 Å². The molecule has 0 spiro atoms. The fourth-order valence-corrected chi connectivity index (χ4v) is 2.22. The van der Waals surface area contributed by atoms with Crippen molar-refractivity contribution in [1.29, 1.82) is 0 Å². The van der Waals surface area contributed by atoms with Gasteiger partial charge in [0.25, 0.3) is 5.56 Å². The van der Waals surface area contributed by atoms with Crippen molar-refractivity contribution in [3.05, 3.63) is 51.1 Å². The summed E-state index contributed by atoms with van der Waals surface area (Å²) in [5.41, 5.74) is 0.0661. The lowest BCUT2D eigenvalue weighted by Crippen LogP contribution is -2.26. The molecule has 20 heavy (non-hydrogen) atoms. The van der Waals surface area contributed by atoms with Gasteiger partial charge in [-0.2, -0.15) is 0 Å². The van der Waals surface area contributed by atoms with Gasteiger partial charge in [-0.15, -0.1) is 8.78 Å². The van der Waals surface area contributed by atoms with Crippen LogP contribution in [0.2, 0.25) is 0 Å². The van der Waals surface area contributed by atoms with Crippen LogP contribution in [0.1, 0.15) is 5.56 Å². The van der Waals surface area contributed by atoms with Gasteiger partial charge in [0, 0.05) is 11.8 Å². The lowest BCUT2D eigenvalue weighted by molar-refractivity contribution is -0.286. The number of ether oxygens (including phenoxy) is 2. The second-order valence-corrected chi connectivity index (χ2v) is 4.90. The quantitative estimate of drug-likeness (QED) is 0.839. The maximum Gasteiger partial charge on any atom is 0.586 e. The van der Waals surface area contributed by atoms with E-state index in [0.29, 0.717) is 10.2 Å². The number of hydrogen-bond donors (Lipinski definition) is 0. The predicted octanol–water partition coefficient (Wildman–Crippen LogP) is 2.38. The number of benzene rings is 1. The zero-order valence-electron chi connectivity index (χ0n) is 9.85. The van der Waals surface area contributed by atoms with E-state index in [1.165, 1.54) is 16.8 Å². The minimum absolute atomic E-state index is 0.0475. The molecule has 0 bridgehead atoms. The van der Waals surface area contributed by atoms with Crippen molar-refractivity contribution >= 4 is 15.9 Å². The zero-order valence-corrected chi connectivity index (χ0v) is 11.4. The molecule has 0 saturated heterocycles. The van der Waals surface area contributed by atoms with Crippen LogP contribution in [-0.4, -0.2) is 15.8 Å². The van der Waals surface area contributed by atoms with Gasteiger partial charge in [0.2, 0.25) is 0 Å². The molecule has 0 N–H and O–H groups in total. The number of alkyl halides is 2. The molecular weight excluding hydrogens is 338 g/mol. The molecule has 1 aromatic heterocycles. The van der Waals surface area contributed by atoms with E-state index in [1.807, 2.05) is 0 Å². The monoisotopic (exact) mass is 344 g/mol. The number of aromatic nitrogens is 2. The summed E-state index contributed by atoms with van der Waals surface area (Å²) in [5, 5.41) is 0. The normalized spacial score (nSPS) is 15.3. The fourth-order valence-electron chi connectivity index (χ4n) is 1.87. The molecule has 0 fully saturated rings. The van der Waals surface area contributed by atoms with Crippen molar-refractivity contribution in [2.24, 2.45) is 0 Å². The number of halogens is 3. The molecule has 1 aliphatic rings. The molecule has 104 valence electrons. The van der Waals surface area contributed by atoms with Crippen LogP contribution in [0.15, 0.2) is 40.0 Å². The third kappa shape index (κ3) is 2.38. The maximum absolute atomic E-state index is 13.1. The molecule has 0 amide bonds. The number of nitrogens with zero attached hydrogens (tertiary/aromatic N) is 2. The summed E-state index contributed by atoms with van der Waals surface area (Å²) in [6.45, 7) is 0.0720. The van der Waals surface area contributed by atoms with Crippen LogP contribution in [0.4, 0.5) is 8.78 Å². The smallest absolute Gasteiger partial charge is 0.395 e. The molecule has 8 heteroatoms. The Morgan fingerprint density at radius 2 is 2.15 bits per heavy atom. The minimum atomic E-state index is -3.68. The Morgan fingerprint density at radius 3 is 2.95 bits per heavy atom. The first-order chi connectivity index (χ1) is 9.44. The van der Waals surface area contributed by atoms with Gasteiger partial charge in [0.05, 0.1) is 12.7 Å². The van der Waals surface area contributed by atoms with E-state index in [9.17, 15) is 13.6 Å². The van der Waals surface area contributed by atoms with Crippen LogP contribution in [-0.2, 0) is 6.54 Å². The number of fused-ring (bicyclic) bond motifs is 1. The second-order valence-electron chi connectivity index (χ2n) is 4.09. The van der Waals surface area contributed by atoms with E-state index in [4.69, 9.17) is 0 Å². The molecule has 0 aliphatic carbocycles. The average Bonchev–Trinajstić information content (AvgIpc) is 2.69. The van der Waals surface area contributed by atoms with Crippen LogP contribution in [0.3, 0.4) is 0 Å². The van der Waals surface area contributed by atoms with Gasteiger partial charge in [-0.1, -0.05) is 12.1 Å². The second kappa shape index (κ2) is 4.55. The van der Waals surface area contributed by atoms with E-state index >= 15 is 0 Å². The van der Waals surface area contributed by atoms with E-state index in [1.54, 1.807) is 12.1 Å². The van der Waals surface area contributed by atoms with Gasteiger partial charge in [0.1, 0.15) is 4.60 Å². The summed E-state index contributed by atoms with van der Waals surface area (Å²) in [6, 6.07) is 4.52. The summed E-state index contributed by atoms with van der Waals surface area (Å²) in [4.78, 5) is 15.4. The highest BCUT2D eigenvalue weighted by Crippen LogP contribution is 2.43. The van der Waals surface area contributed by atoms with E-state index in [2.05, 4.69) is 30.4 Å². The first-order valence-corrected chi connectivity index (χ1v) is 6.34. The van der Waals surface area contributed by atoms with Crippen LogP contribution in [0.5, 0.6) is 11.5 Å². The topological polar surface area (TPSA) is 53.4 Å². The summed E-state index contributed by atoms with van der Waals surface area (Å²) >= 11 is 3.14. The van der Waals surface area contributed by atoms with Crippen molar-refractivity contribution in [2.75, 3.05) is 0 Å². The number of rotatable bonds is 2. The van der Waals surface area contributed by atoms with Crippen LogP contribution >= 0.6 is 15.9 Å². The molecule has 0 atom stereocenters. The molecule has 2 heterocycles. The van der Waals surface area contributed by atoms with Crippen molar-refractivity contribution in [3.63, 3.8) is 0 Å². The molecule has 5 nitrogen and oxygen atoms in total. The zero-order chi connectivity index (χ0) is 14.3. The molecule has 1 aromatic carbocycles. The Labute approximate surface area is 119 Å². The summed E-state index contributed by atoms with van der Waals surface area (Å²) in [5.74, 6) is -0.106. The van der Waals surface area contributed by atoms with Crippen LogP contribution < -0.4 is 15.0 Å². The molecule has 2 aromatic rings. The molecule has 0 saturated carbocycles. The number of para-hydroxylation sites is 1. The lowest BCUT2D eigenvalue weighted by Gasteiger charge is -2.09. The average molecular weight is 345 g/mol. The van der Waals surface area contributed by atoms with Crippen molar-refractivity contribution in [2.45, 2.75) is 12.8 Å². The molecule has 3 rings (SSSR count). The predicted molar refractivity (Wildman–Crippen MR) is 67.9 cm³/mol. The van der Waals surface area contributed by atoms with Gasteiger partial charge in [-0.05, 0) is 22.0 Å². The Bertz CT molecular complexity index is 733. The van der Waals surface area contributed by atoms with Crippen LogP contribution in [0, 0.1) is 0 Å². The molecule has 1 aliphatic heterocycles. The van der Waals surface area contributed by atoms with Gasteiger partial charge in [-0.3, -0.25) is 4.79 Å². The van der Waals surface area contributed by atoms with E-state index in [0.717, 1.165) is 6.20 Å². The van der Waals surface area contributed by atoms with Crippen molar-refractivity contribution in [1.82, 2.24) is 9.55 Å². The van der Waals surface area contributed by atoms with E-state index in [-0.39, 0.29) is 23.6 Å². The highest BCUT2D eigenvalue weighted by molar-refractivity contribution is 9.10. The molecule has 0 radical (unpaired) electrons. The lowest BCUT2D eigenvalue weighted by atomic mass is 10.2. The molecular formula is C12H7BrF2N2O3. The first kappa shape index (κ1) is 13.0. The summed E-state index contributed by atoms with van der Waals surface area (Å²) in [7, 11) is 0. The van der Waals surface area contributed by atoms with Gasteiger partial charge >= 0.3 is 6.29 Å². The summed E-state index contributed by atoms with van der Waals surface area (Å²) < 4.78 is 36.8.